The predicted octanol–water partition coefficient (Wildman–Crippen LogP) is 2.20. The molecule has 3 heteroatoms. The quantitative estimate of drug-likeness (QED) is 0.576. The average molecular weight is 186 g/mol. The van der Waals surface area contributed by atoms with E-state index < -0.39 is 0 Å². The van der Waals surface area contributed by atoms with Crippen LogP contribution in [0.5, 0.6) is 11.5 Å². The Labute approximate surface area is 76.7 Å². The maximum absolute atomic E-state index is 9.22. The van der Waals surface area contributed by atoms with E-state index in [1.165, 1.54) is 6.07 Å². The maximum atomic E-state index is 9.22. The Morgan fingerprint density at radius 3 is 3.08 bits per heavy atom. The second-order valence-corrected chi connectivity index (χ2v) is 2.66. The molecule has 0 aliphatic rings. The van der Waals surface area contributed by atoms with Gasteiger partial charge in [-0.3, -0.25) is 0 Å². The van der Waals surface area contributed by atoms with E-state index >= 15 is 0 Å². The molecule has 0 amide bonds. The third-order valence-corrected chi connectivity index (χ3v) is 1.61. The van der Waals surface area contributed by atoms with Crippen molar-refractivity contribution in [2.45, 2.75) is 6.42 Å². The van der Waals surface area contributed by atoms with E-state index in [-0.39, 0.29) is 5.75 Å². The van der Waals surface area contributed by atoms with Crippen molar-refractivity contribution in [2.75, 3.05) is 12.5 Å². The molecule has 0 atom stereocenters. The summed E-state index contributed by atoms with van der Waals surface area (Å²) < 4.78 is 5.22. The van der Waals surface area contributed by atoms with E-state index in [4.69, 9.17) is 16.3 Å². The van der Waals surface area contributed by atoms with Crippen molar-refractivity contribution >= 4 is 11.6 Å². The zero-order chi connectivity index (χ0) is 8.81. The highest BCUT2D eigenvalue weighted by atomic mass is 35.5. The summed E-state index contributed by atoms with van der Waals surface area (Å²) in [4.78, 5) is 0. The van der Waals surface area contributed by atoms with Gasteiger partial charge in [-0.1, -0.05) is 6.07 Å². The molecule has 0 unspecified atom stereocenters. The van der Waals surface area contributed by atoms with Gasteiger partial charge in [0.25, 0.3) is 0 Å². The lowest BCUT2D eigenvalue weighted by Crippen LogP contribution is -1.97. The van der Waals surface area contributed by atoms with Gasteiger partial charge in [-0.05, 0) is 24.6 Å². The molecule has 0 saturated heterocycles. The number of hydrogen-bond acceptors (Lipinski definition) is 2. The van der Waals surface area contributed by atoms with E-state index in [9.17, 15) is 5.11 Å². The maximum Gasteiger partial charge on any atom is 0.160 e. The minimum Gasteiger partial charge on any atom is -0.504 e. The predicted molar refractivity (Wildman–Crippen MR) is 47.8 cm³/mol. The van der Waals surface area contributed by atoms with Gasteiger partial charge in [-0.15, -0.1) is 11.6 Å². The highest BCUT2D eigenvalue weighted by Crippen LogP contribution is 2.23. The van der Waals surface area contributed by atoms with Crippen molar-refractivity contribution in [3.05, 3.63) is 24.3 Å². The van der Waals surface area contributed by atoms with Crippen LogP contribution in [0, 0.1) is 6.07 Å². The summed E-state index contributed by atoms with van der Waals surface area (Å²) in [5.41, 5.74) is 0. The topological polar surface area (TPSA) is 29.5 Å². The summed E-state index contributed by atoms with van der Waals surface area (Å²) in [6.07, 6.45) is 0.777. The van der Waals surface area contributed by atoms with Crippen molar-refractivity contribution < 1.29 is 9.84 Å². The first-order valence-corrected chi connectivity index (χ1v) is 4.26. The molecular weight excluding hydrogens is 176 g/mol. The highest BCUT2D eigenvalue weighted by molar-refractivity contribution is 6.17. The van der Waals surface area contributed by atoms with Crippen LogP contribution in [0.4, 0.5) is 0 Å². The lowest BCUT2D eigenvalue weighted by atomic mass is 10.3. The SMILES string of the molecule is Oc1c[c]ccc1OCCCCl. The van der Waals surface area contributed by atoms with Gasteiger partial charge in [0.05, 0.1) is 6.61 Å². The van der Waals surface area contributed by atoms with Crippen molar-refractivity contribution in [1.82, 2.24) is 0 Å². The minimum atomic E-state index is 0.118. The summed E-state index contributed by atoms with van der Waals surface area (Å²) in [6.45, 7) is 0.529. The van der Waals surface area contributed by atoms with Crippen LogP contribution >= 0.6 is 11.6 Å². The first kappa shape index (κ1) is 9.20. The van der Waals surface area contributed by atoms with Crippen LogP contribution in [-0.4, -0.2) is 17.6 Å². The second kappa shape index (κ2) is 4.88. The van der Waals surface area contributed by atoms with Gasteiger partial charge < -0.3 is 9.84 Å². The summed E-state index contributed by atoms with van der Waals surface area (Å²) in [5, 5.41) is 9.22. The van der Waals surface area contributed by atoms with Crippen LogP contribution in [0.25, 0.3) is 0 Å². The molecule has 2 nitrogen and oxygen atoms in total. The number of benzene rings is 1. The lowest BCUT2D eigenvalue weighted by molar-refractivity contribution is 0.300. The molecule has 12 heavy (non-hydrogen) atoms. The van der Waals surface area contributed by atoms with Crippen LogP contribution in [-0.2, 0) is 0 Å². The first-order chi connectivity index (χ1) is 5.84. The van der Waals surface area contributed by atoms with E-state index in [2.05, 4.69) is 6.07 Å². The highest BCUT2D eigenvalue weighted by Gasteiger charge is 1.98. The molecular formula is C9H10ClO2. The van der Waals surface area contributed by atoms with Gasteiger partial charge in [-0.25, -0.2) is 0 Å². The Balaban J connectivity index is 2.46. The number of hydrogen-bond donors (Lipinski definition) is 1. The fourth-order valence-corrected chi connectivity index (χ4v) is 0.875. The molecule has 1 rings (SSSR count). The van der Waals surface area contributed by atoms with Crippen LogP contribution < -0.4 is 4.74 Å². The van der Waals surface area contributed by atoms with Gasteiger partial charge in [0.1, 0.15) is 0 Å². The molecule has 0 aliphatic heterocycles. The first-order valence-electron chi connectivity index (χ1n) is 3.72. The number of halogens is 1. The third-order valence-electron chi connectivity index (χ3n) is 1.34. The fourth-order valence-electron chi connectivity index (χ4n) is 0.766. The molecule has 1 radical (unpaired) electrons. The molecule has 1 N–H and O–H groups in total. The largest absolute Gasteiger partial charge is 0.504 e. The Hall–Kier alpha value is -0.890. The number of ether oxygens (including phenoxy) is 1. The molecule has 1 aromatic carbocycles. The van der Waals surface area contributed by atoms with E-state index in [1.807, 2.05) is 0 Å². The average Bonchev–Trinajstić information content (AvgIpc) is 2.09. The molecule has 0 heterocycles. The standard InChI is InChI=1S/C9H10ClO2/c10-6-3-7-12-9-5-2-1-4-8(9)11/h2,4-5,11H,3,6-7H2. The molecule has 1 aromatic rings. The Morgan fingerprint density at radius 2 is 2.42 bits per heavy atom. The second-order valence-electron chi connectivity index (χ2n) is 2.28. The van der Waals surface area contributed by atoms with Crippen LogP contribution in [0.2, 0.25) is 0 Å². The third kappa shape index (κ3) is 2.62. The Bertz CT molecular complexity index is 238. The van der Waals surface area contributed by atoms with Crippen LogP contribution in [0.3, 0.4) is 0 Å². The smallest absolute Gasteiger partial charge is 0.160 e. The number of phenolic OH excluding ortho intramolecular Hbond substituents is 1. The summed E-state index contributed by atoms with van der Waals surface area (Å²) in [7, 11) is 0. The number of phenols is 1. The van der Waals surface area contributed by atoms with Gasteiger partial charge >= 0.3 is 0 Å². The van der Waals surface area contributed by atoms with Crippen LogP contribution in [0.1, 0.15) is 6.42 Å². The molecule has 0 fully saturated rings. The van der Waals surface area contributed by atoms with Gasteiger partial charge in [0.15, 0.2) is 11.5 Å². The summed E-state index contributed by atoms with van der Waals surface area (Å²) in [6, 6.07) is 7.56. The van der Waals surface area contributed by atoms with Crippen molar-refractivity contribution in [3.8, 4) is 11.5 Å². The monoisotopic (exact) mass is 185 g/mol. The van der Waals surface area contributed by atoms with E-state index in [0.717, 1.165) is 6.42 Å². The van der Waals surface area contributed by atoms with Crippen molar-refractivity contribution in [3.63, 3.8) is 0 Å². The van der Waals surface area contributed by atoms with Gasteiger partial charge in [0, 0.05) is 5.88 Å². The minimum absolute atomic E-state index is 0.118. The van der Waals surface area contributed by atoms with E-state index in [0.29, 0.717) is 18.2 Å². The van der Waals surface area contributed by atoms with Gasteiger partial charge in [-0.2, -0.15) is 0 Å². The molecule has 0 bridgehead atoms. The number of rotatable bonds is 4. The zero-order valence-electron chi connectivity index (χ0n) is 6.59. The van der Waals surface area contributed by atoms with Crippen LogP contribution in [0.15, 0.2) is 18.2 Å². The van der Waals surface area contributed by atoms with Crippen molar-refractivity contribution in [2.24, 2.45) is 0 Å². The van der Waals surface area contributed by atoms with Crippen molar-refractivity contribution in [1.29, 1.82) is 0 Å². The lowest BCUT2D eigenvalue weighted by Gasteiger charge is -2.05. The summed E-state index contributed by atoms with van der Waals surface area (Å²) in [5.74, 6) is 1.17. The summed E-state index contributed by atoms with van der Waals surface area (Å²) >= 11 is 5.46. The Kier molecular flexibility index (Phi) is 3.74. The molecule has 0 spiro atoms. The molecule has 0 aromatic heterocycles. The molecule has 65 valence electrons. The molecule has 0 aliphatic carbocycles. The zero-order valence-corrected chi connectivity index (χ0v) is 7.34. The fraction of sp³-hybridized carbons (Fsp3) is 0.333. The number of aromatic hydroxyl groups is 1. The van der Waals surface area contributed by atoms with E-state index in [1.54, 1.807) is 12.1 Å². The number of alkyl halides is 1. The van der Waals surface area contributed by atoms with Gasteiger partial charge in [0.2, 0.25) is 0 Å². The Morgan fingerprint density at radius 1 is 1.58 bits per heavy atom. The molecule has 0 saturated carbocycles. The normalized spacial score (nSPS) is 9.75.